The highest BCUT2D eigenvalue weighted by molar-refractivity contribution is 6.48. The van der Waals surface area contributed by atoms with Crippen molar-refractivity contribution in [2.75, 3.05) is 7.11 Å². The largest absolute Gasteiger partial charge is 0.494 e. The average Bonchev–Trinajstić information content (AvgIpc) is 2.26. The van der Waals surface area contributed by atoms with E-state index in [1.807, 2.05) is 0 Å². The van der Waals surface area contributed by atoms with Crippen molar-refractivity contribution in [3.8, 4) is 5.75 Å². The zero-order valence-corrected chi connectivity index (χ0v) is 10.9. The molecular formula is C11H8Cl3NO. The molecule has 1 aromatic heterocycles. The first-order valence-corrected chi connectivity index (χ1v) is 5.67. The molecular weight excluding hydrogens is 268 g/mol. The summed E-state index contributed by atoms with van der Waals surface area (Å²) >= 11 is 18.3. The lowest BCUT2D eigenvalue weighted by Crippen LogP contribution is -1.92. The van der Waals surface area contributed by atoms with Crippen LogP contribution in [-0.4, -0.2) is 12.1 Å². The Bertz CT molecular complexity index is 569. The van der Waals surface area contributed by atoms with Crippen LogP contribution in [-0.2, 0) is 0 Å². The Labute approximate surface area is 108 Å². The summed E-state index contributed by atoms with van der Waals surface area (Å²) in [6, 6.07) is 3.46. The van der Waals surface area contributed by atoms with Crippen LogP contribution in [0.2, 0.25) is 15.1 Å². The van der Waals surface area contributed by atoms with E-state index in [1.54, 1.807) is 26.2 Å². The topological polar surface area (TPSA) is 22.1 Å². The minimum atomic E-state index is 0.410. The molecule has 0 amide bonds. The smallest absolute Gasteiger partial charge is 0.145 e. The van der Waals surface area contributed by atoms with Crippen LogP contribution in [0.15, 0.2) is 12.1 Å². The van der Waals surface area contributed by atoms with Crippen molar-refractivity contribution in [2.24, 2.45) is 0 Å². The third kappa shape index (κ3) is 1.71. The van der Waals surface area contributed by atoms with Crippen molar-refractivity contribution in [3.63, 3.8) is 0 Å². The van der Waals surface area contributed by atoms with Gasteiger partial charge in [-0.1, -0.05) is 34.8 Å². The number of methoxy groups -OCH3 is 1. The number of aryl methyl sites for hydroxylation is 1. The van der Waals surface area contributed by atoms with Crippen LogP contribution in [0.25, 0.3) is 10.9 Å². The molecule has 0 atom stereocenters. The van der Waals surface area contributed by atoms with E-state index in [2.05, 4.69) is 4.98 Å². The molecule has 0 unspecified atom stereocenters. The molecule has 0 aliphatic heterocycles. The van der Waals surface area contributed by atoms with E-state index in [9.17, 15) is 0 Å². The number of pyridine rings is 1. The molecule has 2 aromatic rings. The van der Waals surface area contributed by atoms with E-state index in [1.165, 1.54) is 0 Å². The van der Waals surface area contributed by atoms with E-state index < -0.39 is 0 Å². The second kappa shape index (κ2) is 4.28. The molecule has 0 fully saturated rings. The number of fused-ring (bicyclic) bond motifs is 1. The van der Waals surface area contributed by atoms with Crippen LogP contribution in [0.3, 0.4) is 0 Å². The van der Waals surface area contributed by atoms with Crippen LogP contribution in [0.5, 0.6) is 5.75 Å². The van der Waals surface area contributed by atoms with Gasteiger partial charge in [0.25, 0.3) is 0 Å². The summed E-state index contributed by atoms with van der Waals surface area (Å²) in [6.45, 7) is 1.79. The minimum Gasteiger partial charge on any atom is -0.494 e. The molecule has 0 bridgehead atoms. The first-order valence-electron chi connectivity index (χ1n) is 4.54. The molecule has 84 valence electrons. The van der Waals surface area contributed by atoms with E-state index in [4.69, 9.17) is 39.5 Å². The van der Waals surface area contributed by atoms with Crippen LogP contribution in [0, 0.1) is 6.92 Å². The summed E-state index contributed by atoms with van der Waals surface area (Å²) in [7, 11) is 1.57. The maximum atomic E-state index is 6.15. The Kier molecular flexibility index (Phi) is 3.15. The molecule has 0 saturated heterocycles. The number of rotatable bonds is 1. The summed E-state index contributed by atoms with van der Waals surface area (Å²) in [5.74, 6) is 0.626. The second-order valence-electron chi connectivity index (χ2n) is 3.30. The fourth-order valence-corrected chi connectivity index (χ4v) is 2.28. The molecule has 0 spiro atoms. The quantitative estimate of drug-likeness (QED) is 0.764. The number of benzene rings is 1. The number of hydrogen-bond donors (Lipinski definition) is 0. The third-order valence-corrected chi connectivity index (χ3v) is 3.57. The van der Waals surface area contributed by atoms with E-state index in [0.717, 1.165) is 0 Å². The van der Waals surface area contributed by atoms with Gasteiger partial charge in [0.2, 0.25) is 0 Å². The van der Waals surface area contributed by atoms with Gasteiger partial charge < -0.3 is 4.74 Å². The first-order chi connectivity index (χ1) is 7.56. The van der Waals surface area contributed by atoms with Gasteiger partial charge in [0.15, 0.2) is 0 Å². The third-order valence-electron chi connectivity index (χ3n) is 2.32. The SMILES string of the molecule is COc1ccc(Cl)c2c(Cl)c(Cl)c(C)nc12. The molecule has 0 aliphatic rings. The molecule has 1 aromatic carbocycles. The molecule has 2 rings (SSSR count). The van der Waals surface area contributed by atoms with Gasteiger partial charge >= 0.3 is 0 Å². The molecule has 0 N–H and O–H groups in total. The fraction of sp³-hybridized carbons (Fsp3) is 0.182. The lowest BCUT2D eigenvalue weighted by Gasteiger charge is -2.10. The Balaban J connectivity index is 2.98. The molecule has 5 heteroatoms. The van der Waals surface area contributed by atoms with Crippen LogP contribution in [0.1, 0.15) is 5.69 Å². The molecule has 0 aliphatic carbocycles. The maximum Gasteiger partial charge on any atom is 0.145 e. The van der Waals surface area contributed by atoms with E-state index in [-0.39, 0.29) is 0 Å². The Morgan fingerprint density at radius 1 is 1.12 bits per heavy atom. The monoisotopic (exact) mass is 275 g/mol. The summed E-state index contributed by atoms with van der Waals surface area (Å²) in [6.07, 6.45) is 0. The first kappa shape index (κ1) is 11.8. The van der Waals surface area contributed by atoms with Crippen LogP contribution >= 0.6 is 34.8 Å². The molecule has 16 heavy (non-hydrogen) atoms. The summed E-state index contributed by atoms with van der Waals surface area (Å²) < 4.78 is 5.21. The Morgan fingerprint density at radius 3 is 2.44 bits per heavy atom. The zero-order valence-electron chi connectivity index (χ0n) is 8.64. The molecule has 1 heterocycles. The predicted molar refractivity (Wildman–Crippen MR) is 68.1 cm³/mol. The predicted octanol–water partition coefficient (Wildman–Crippen LogP) is 4.51. The number of nitrogens with zero attached hydrogens (tertiary/aromatic N) is 1. The van der Waals surface area contributed by atoms with Crippen LogP contribution < -0.4 is 4.74 Å². The normalized spacial score (nSPS) is 10.8. The summed E-state index contributed by atoms with van der Waals surface area (Å²) in [4.78, 5) is 4.34. The van der Waals surface area contributed by atoms with Gasteiger partial charge in [0.05, 0.1) is 27.9 Å². The number of ether oxygens (including phenoxy) is 1. The minimum absolute atomic E-state index is 0.410. The number of halogens is 3. The van der Waals surface area contributed by atoms with Gasteiger partial charge in [-0.15, -0.1) is 0 Å². The Hall–Kier alpha value is -0.700. The van der Waals surface area contributed by atoms with Crippen molar-refractivity contribution in [3.05, 3.63) is 32.9 Å². The second-order valence-corrected chi connectivity index (χ2v) is 4.46. The van der Waals surface area contributed by atoms with Gasteiger partial charge in [-0.25, -0.2) is 4.98 Å². The number of aromatic nitrogens is 1. The van der Waals surface area contributed by atoms with Crippen molar-refractivity contribution in [1.82, 2.24) is 4.98 Å². The fourth-order valence-electron chi connectivity index (χ4n) is 1.52. The maximum absolute atomic E-state index is 6.15. The summed E-state index contributed by atoms with van der Waals surface area (Å²) in [5.41, 5.74) is 1.28. The number of hydrogen-bond acceptors (Lipinski definition) is 2. The highest BCUT2D eigenvalue weighted by atomic mass is 35.5. The van der Waals surface area contributed by atoms with Crippen LogP contribution in [0.4, 0.5) is 0 Å². The Morgan fingerprint density at radius 2 is 1.81 bits per heavy atom. The highest BCUT2D eigenvalue weighted by Crippen LogP contribution is 2.39. The van der Waals surface area contributed by atoms with Gasteiger partial charge in [-0.3, -0.25) is 0 Å². The lowest BCUT2D eigenvalue weighted by molar-refractivity contribution is 0.419. The molecule has 0 saturated carbocycles. The standard InChI is InChI=1S/C11H8Cl3NO/c1-5-9(13)10(14)8-6(12)3-4-7(16-2)11(8)15-5/h3-4H,1-2H3. The van der Waals surface area contributed by atoms with E-state index >= 15 is 0 Å². The molecule has 2 nitrogen and oxygen atoms in total. The summed E-state index contributed by atoms with van der Waals surface area (Å²) in [5, 5.41) is 1.96. The van der Waals surface area contributed by atoms with Crippen molar-refractivity contribution < 1.29 is 4.74 Å². The van der Waals surface area contributed by atoms with Gasteiger partial charge in [-0.2, -0.15) is 0 Å². The van der Waals surface area contributed by atoms with E-state index in [0.29, 0.717) is 37.4 Å². The average molecular weight is 277 g/mol. The van der Waals surface area contributed by atoms with Gasteiger partial charge in [0, 0.05) is 5.39 Å². The van der Waals surface area contributed by atoms with Crippen molar-refractivity contribution >= 4 is 45.7 Å². The zero-order chi connectivity index (χ0) is 11.9. The van der Waals surface area contributed by atoms with Gasteiger partial charge in [-0.05, 0) is 19.1 Å². The van der Waals surface area contributed by atoms with Gasteiger partial charge in [0.1, 0.15) is 11.3 Å². The lowest BCUT2D eigenvalue weighted by atomic mass is 10.2. The van der Waals surface area contributed by atoms with Crippen molar-refractivity contribution in [2.45, 2.75) is 6.92 Å². The van der Waals surface area contributed by atoms with Crippen molar-refractivity contribution in [1.29, 1.82) is 0 Å². The highest BCUT2D eigenvalue weighted by Gasteiger charge is 2.15. The molecule has 0 radical (unpaired) electrons.